The number of aliphatic hydroxyl groups excluding tert-OH is 2. The van der Waals surface area contributed by atoms with Crippen LogP contribution in [0.15, 0.2) is 30.3 Å². The van der Waals surface area contributed by atoms with E-state index in [2.05, 4.69) is 29.2 Å². The smallest absolute Gasteiger partial charge is 0.0633 e. The number of fused-ring (bicyclic) bond motifs is 2. The zero-order chi connectivity index (χ0) is 12.5. The van der Waals surface area contributed by atoms with Gasteiger partial charge in [-0.05, 0) is 23.8 Å². The van der Waals surface area contributed by atoms with Gasteiger partial charge in [-0.2, -0.15) is 0 Å². The zero-order valence-electron chi connectivity index (χ0n) is 10.6. The van der Waals surface area contributed by atoms with E-state index in [4.69, 9.17) is 0 Å². The van der Waals surface area contributed by atoms with E-state index in [0.29, 0.717) is 11.8 Å². The lowest BCUT2D eigenvalue weighted by atomic mass is 9.94. The van der Waals surface area contributed by atoms with Gasteiger partial charge in [0.15, 0.2) is 0 Å². The lowest BCUT2D eigenvalue weighted by Gasteiger charge is -2.32. The number of rotatable bonds is 3. The first-order valence-electron chi connectivity index (χ1n) is 6.83. The van der Waals surface area contributed by atoms with Crippen molar-refractivity contribution < 1.29 is 10.2 Å². The van der Waals surface area contributed by atoms with Crippen LogP contribution in [0.4, 0.5) is 0 Å². The molecule has 1 saturated heterocycles. The minimum atomic E-state index is -0.305. The number of hydrogen-bond acceptors (Lipinski definition) is 3. The summed E-state index contributed by atoms with van der Waals surface area (Å²) < 4.78 is 0. The summed E-state index contributed by atoms with van der Waals surface area (Å²) in [4.78, 5) is 2.42. The molecule has 3 rings (SSSR count). The number of hydrogen-bond donors (Lipinski definition) is 2. The predicted octanol–water partition coefficient (Wildman–Crippen LogP) is 1.11. The van der Waals surface area contributed by atoms with E-state index >= 15 is 0 Å². The summed E-state index contributed by atoms with van der Waals surface area (Å²) in [5, 5.41) is 19.5. The highest BCUT2D eigenvalue weighted by molar-refractivity contribution is 5.15. The fraction of sp³-hybridized carbons (Fsp3) is 0.600. The molecule has 4 atom stereocenters. The Kier molecular flexibility index (Phi) is 3.37. The van der Waals surface area contributed by atoms with Crippen molar-refractivity contribution >= 4 is 0 Å². The van der Waals surface area contributed by atoms with Crippen LogP contribution < -0.4 is 0 Å². The van der Waals surface area contributed by atoms with E-state index in [1.807, 2.05) is 6.07 Å². The van der Waals surface area contributed by atoms with Crippen LogP contribution in [0.5, 0.6) is 0 Å². The van der Waals surface area contributed by atoms with E-state index in [0.717, 1.165) is 26.1 Å². The van der Waals surface area contributed by atoms with Crippen LogP contribution in [0.25, 0.3) is 0 Å². The van der Waals surface area contributed by atoms with Crippen LogP contribution in [0, 0.1) is 17.8 Å². The first-order valence-corrected chi connectivity index (χ1v) is 6.83. The molecular formula is C15H21NO2. The molecule has 3 heteroatoms. The summed E-state index contributed by atoms with van der Waals surface area (Å²) >= 11 is 0. The summed E-state index contributed by atoms with van der Waals surface area (Å²) in [5.74, 6) is 0.910. The van der Waals surface area contributed by atoms with Crippen LogP contribution in [-0.4, -0.2) is 40.9 Å². The molecule has 1 aromatic rings. The minimum absolute atomic E-state index is 0.0933. The third-order valence-corrected chi connectivity index (χ3v) is 4.58. The van der Waals surface area contributed by atoms with Crippen molar-refractivity contribution in [2.45, 2.75) is 19.1 Å². The summed E-state index contributed by atoms with van der Waals surface area (Å²) in [5.41, 5.74) is 1.33. The molecular weight excluding hydrogens is 226 g/mol. The maximum absolute atomic E-state index is 10.2. The van der Waals surface area contributed by atoms with Crippen LogP contribution in [-0.2, 0) is 6.54 Å². The van der Waals surface area contributed by atoms with Gasteiger partial charge in [-0.15, -0.1) is 0 Å². The van der Waals surface area contributed by atoms with Crippen LogP contribution in [0.3, 0.4) is 0 Å². The van der Waals surface area contributed by atoms with Gasteiger partial charge in [-0.1, -0.05) is 30.3 Å². The average molecular weight is 247 g/mol. The van der Waals surface area contributed by atoms with Crippen LogP contribution >= 0.6 is 0 Å². The molecule has 2 fully saturated rings. The summed E-state index contributed by atoms with van der Waals surface area (Å²) in [6.07, 6.45) is 0.776. The van der Waals surface area contributed by atoms with E-state index in [1.54, 1.807) is 0 Å². The Balaban J connectivity index is 1.67. The Morgan fingerprint density at radius 2 is 1.83 bits per heavy atom. The largest absolute Gasteiger partial charge is 0.396 e. The molecule has 0 spiro atoms. The summed E-state index contributed by atoms with van der Waals surface area (Å²) in [6, 6.07) is 10.5. The SMILES string of the molecule is OC[C@H]1C2CC(CN(Cc3ccccc3)C2)[C@@H]1O. The van der Waals surface area contributed by atoms with Crippen molar-refractivity contribution in [3.8, 4) is 0 Å². The fourth-order valence-electron chi connectivity index (χ4n) is 3.69. The highest BCUT2D eigenvalue weighted by Gasteiger charge is 2.46. The normalized spacial score (nSPS) is 35.9. The summed E-state index contributed by atoms with van der Waals surface area (Å²) in [6.45, 7) is 3.05. The van der Waals surface area contributed by atoms with Crippen molar-refractivity contribution in [1.29, 1.82) is 0 Å². The Bertz CT molecular complexity index is 395. The van der Waals surface area contributed by atoms with Gasteiger partial charge in [0.2, 0.25) is 0 Å². The minimum Gasteiger partial charge on any atom is -0.396 e. The van der Waals surface area contributed by atoms with Gasteiger partial charge in [-0.25, -0.2) is 0 Å². The van der Waals surface area contributed by atoms with Gasteiger partial charge in [0.05, 0.1) is 6.10 Å². The maximum Gasteiger partial charge on any atom is 0.0633 e. The average Bonchev–Trinajstić information content (AvgIpc) is 2.61. The van der Waals surface area contributed by atoms with Crippen molar-refractivity contribution in [2.75, 3.05) is 19.7 Å². The quantitative estimate of drug-likeness (QED) is 0.841. The van der Waals surface area contributed by atoms with E-state index in [9.17, 15) is 10.2 Å². The molecule has 2 N–H and O–H groups in total. The molecule has 1 saturated carbocycles. The molecule has 0 amide bonds. The number of piperidine rings is 1. The summed E-state index contributed by atoms with van der Waals surface area (Å²) in [7, 11) is 0. The molecule has 2 aliphatic rings. The second-order valence-electron chi connectivity index (χ2n) is 5.77. The van der Waals surface area contributed by atoms with Gasteiger partial charge >= 0.3 is 0 Å². The Morgan fingerprint density at radius 3 is 2.56 bits per heavy atom. The number of nitrogens with zero attached hydrogens (tertiary/aromatic N) is 1. The molecule has 2 bridgehead atoms. The Labute approximate surface area is 108 Å². The monoisotopic (exact) mass is 247 g/mol. The van der Waals surface area contributed by atoms with Crippen LogP contribution in [0.1, 0.15) is 12.0 Å². The molecule has 18 heavy (non-hydrogen) atoms. The van der Waals surface area contributed by atoms with E-state index < -0.39 is 0 Å². The molecule has 3 nitrogen and oxygen atoms in total. The standard InChI is InChI=1S/C15H21NO2/c17-10-14-12-6-13(15(14)18)9-16(8-12)7-11-4-2-1-3-5-11/h1-5,12-15,17-18H,6-10H2/t12?,13?,14-,15-/m0/s1. The molecule has 1 aliphatic carbocycles. The van der Waals surface area contributed by atoms with Gasteiger partial charge in [0.1, 0.15) is 0 Å². The third kappa shape index (κ3) is 2.18. The molecule has 0 radical (unpaired) electrons. The Hall–Kier alpha value is -0.900. The molecule has 98 valence electrons. The second-order valence-corrected chi connectivity index (χ2v) is 5.77. The van der Waals surface area contributed by atoms with Crippen molar-refractivity contribution in [1.82, 2.24) is 4.90 Å². The van der Waals surface area contributed by atoms with Gasteiger partial charge < -0.3 is 10.2 Å². The lowest BCUT2D eigenvalue weighted by molar-refractivity contribution is 0.0567. The number of benzene rings is 1. The van der Waals surface area contributed by atoms with Crippen molar-refractivity contribution in [3.63, 3.8) is 0 Å². The first kappa shape index (κ1) is 12.2. The highest BCUT2D eigenvalue weighted by Crippen LogP contribution is 2.41. The molecule has 1 heterocycles. The second kappa shape index (κ2) is 5.00. The highest BCUT2D eigenvalue weighted by atomic mass is 16.3. The van der Waals surface area contributed by atoms with Crippen molar-refractivity contribution in [3.05, 3.63) is 35.9 Å². The fourth-order valence-corrected chi connectivity index (χ4v) is 3.69. The number of likely N-dealkylation sites (tertiary alicyclic amines) is 1. The topological polar surface area (TPSA) is 43.7 Å². The van der Waals surface area contributed by atoms with Gasteiger partial charge in [-0.3, -0.25) is 4.90 Å². The van der Waals surface area contributed by atoms with Crippen molar-refractivity contribution in [2.24, 2.45) is 17.8 Å². The lowest BCUT2D eigenvalue weighted by Crippen LogP contribution is -2.37. The third-order valence-electron chi connectivity index (χ3n) is 4.58. The first-order chi connectivity index (χ1) is 8.78. The number of aliphatic hydroxyl groups is 2. The van der Waals surface area contributed by atoms with Gasteiger partial charge in [0.25, 0.3) is 0 Å². The van der Waals surface area contributed by atoms with E-state index in [-0.39, 0.29) is 18.6 Å². The van der Waals surface area contributed by atoms with Gasteiger partial charge in [0, 0.05) is 32.2 Å². The molecule has 1 aromatic carbocycles. The molecule has 0 aromatic heterocycles. The Morgan fingerprint density at radius 1 is 1.11 bits per heavy atom. The molecule has 1 aliphatic heterocycles. The maximum atomic E-state index is 10.2. The van der Waals surface area contributed by atoms with E-state index in [1.165, 1.54) is 5.56 Å². The van der Waals surface area contributed by atoms with Crippen LogP contribution in [0.2, 0.25) is 0 Å². The molecule has 2 unspecified atom stereocenters. The zero-order valence-corrected chi connectivity index (χ0v) is 10.6. The predicted molar refractivity (Wildman–Crippen MR) is 69.9 cm³/mol.